The van der Waals surface area contributed by atoms with Crippen molar-refractivity contribution in [1.82, 2.24) is 4.57 Å². The van der Waals surface area contributed by atoms with Crippen molar-refractivity contribution in [2.75, 3.05) is 0 Å². The molecular weight excluding hydrogens is 211 g/mol. The van der Waals surface area contributed by atoms with E-state index in [-0.39, 0.29) is 5.56 Å². The number of aldehydes is 1. The molecule has 0 amide bonds. The van der Waals surface area contributed by atoms with Gasteiger partial charge in [-0.2, -0.15) is 13.2 Å². The van der Waals surface area contributed by atoms with E-state index in [2.05, 4.69) is 0 Å². The number of carbonyl (C=O) groups excluding carboxylic acids is 1. The van der Waals surface area contributed by atoms with E-state index in [0.717, 1.165) is 4.57 Å². The van der Waals surface area contributed by atoms with Crippen molar-refractivity contribution in [2.24, 2.45) is 0 Å². The zero-order valence-electron chi connectivity index (χ0n) is 7.62. The molecule has 0 aromatic carbocycles. The van der Waals surface area contributed by atoms with Crippen molar-refractivity contribution in [3.8, 4) is 0 Å². The van der Waals surface area contributed by atoms with Crippen LogP contribution in [-0.2, 0) is 6.54 Å². The molecule has 0 atom stereocenters. The van der Waals surface area contributed by atoms with Crippen molar-refractivity contribution in [1.29, 1.82) is 0 Å². The van der Waals surface area contributed by atoms with Gasteiger partial charge in [0, 0.05) is 12.7 Å². The first-order valence-electron chi connectivity index (χ1n) is 4.15. The van der Waals surface area contributed by atoms with Crippen molar-refractivity contribution in [3.63, 3.8) is 0 Å². The molecule has 15 heavy (non-hydrogen) atoms. The zero-order chi connectivity index (χ0) is 11.5. The second-order valence-electron chi connectivity index (χ2n) is 2.95. The minimum atomic E-state index is -4.31. The van der Waals surface area contributed by atoms with Gasteiger partial charge in [0.2, 0.25) is 0 Å². The van der Waals surface area contributed by atoms with Gasteiger partial charge in [0.1, 0.15) is 0 Å². The molecule has 82 valence electrons. The van der Waals surface area contributed by atoms with Gasteiger partial charge in [-0.05, 0) is 12.1 Å². The third-order valence-corrected chi connectivity index (χ3v) is 1.81. The quantitative estimate of drug-likeness (QED) is 0.724. The molecule has 1 aromatic heterocycles. The molecule has 0 fully saturated rings. The molecule has 6 heteroatoms. The summed E-state index contributed by atoms with van der Waals surface area (Å²) in [6.07, 6.45) is -3.85. The van der Waals surface area contributed by atoms with E-state index >= 15 is 0 Å². The number of aryl methyl sites for hydroxylation is 1. The van der Waals surface area contributed by atoms with Crippen LogP contribution in [0.2, 0.25) is 0 Å². The predicted molar refractivity (Wildman–Crippen MR) is 46.8 cm³/mol. The number of aromatic nitrogens is 1. The third-order valence-electron chi connectivity index (χ3n) is 1.81. The molecule has 0 bridgehead atoms. The fraction of sp³-hybridized carbons (Fsp3) is 0.333. The summed E-state index contributed by atoms with van der Waals surface area (Å²) in [5, 5.41) is 0. The van der Waals surface area contributed by atoms with E-state index < -0.39 is 24.7 Å². The number of carbonyl (C=O) groups is 1. The fourth-order valence-electron chi connectivity index (χ4n) is 1.07. The Labute approximate surface area is 83.1 Å². The SMILES string of the molecule is O=Cc1cccn(CCC(F)(F)F)c1=O. The van der Waals surface area contributed by atoms with Crippen molar-refractivity contribution >= 4 is 6.29 Å². The molecule has 0 aliphatic heterocycles. The van der Waals surface area contributed by atoms with Crippen molar-refractivity contribution in [2.45, 2.75) is 19.1 Å². The number of rotatable bonds is 3. The second-order valence-corrected chi connectivity index (χ2v) is 2.95. The molecule has 3 nitrogen and oxygen atoms in total. The normalized spacial score (nSPS) is 11.4. The second kappa shape index (κ2) is 4.29. The average molecular weight is 219 g/mol. The number of nitrogens with zero attached hydrogens (tertiary/aromatic N) is 1. The van der Waals surface area contributed by atoms with E-state index in [1.807, 2.05) is 0 Å². The maximum Gasteiger partial charge on any atom is 0.390 e. The summed E-state index contributed by atoms with van der Waals surface area (Å²) in [6.45, 7) is -0.468. The van der Waals surface area contributed by atoms with Crippen LogP contribution < -0.4 is 5.56 Å². The van der Waals surface area contributed by atoms with Crippen LogP contribution in [0.5, 0.6) is 0 Å². The lowest BCUT2D eigenvalue weighted by Crippen LogP contribution is -2.25. The van der Waals surface area contributed by atoms with Crippen LogP contribution in [0, 0.1) is 0 Å². The molecular formula is C9H8F3NO2. The number of alkyl halides is 3. The molecule has 0 aliphatic carbocycles. The highest BCUT2D eigenvalue weighted by atomic mass is 19.4. The van der Waals surface area contributed by atoms with Gasteiger partial charge >= 0.3 is 6.18 Å². The van der Waals surface area contributed by atoms with Gasteiger partial charge in [-0.1, -0.05) is 0 Å². The molecule has 1 rings (SSSR count). The molecule has 0 aliphatic rings. The fourth-order valence-corrected chi connectivity index (χ4v) is 1.07. The number of hydrogen-bond acceptors (Lipinski definition) is 2. The molecule has 0 spiro atoms. The number of pyridine rings is 1. The van der Waals surface area contributed by atoms with Crippen LogP contribution >= 0.6 is 0 Å². The van der Waals surface area contributed by atoms with Gasteiger partial charge in [0.15, 0.2) is 6.29 Å². The maximum absolute atomic E-state index is 11.9. The van der Waals surface area contributed by atoms with E-state index in [9.17, 15) is 22.8 Å². The first-order valence-corrected chi connectivity index (χ1v) is 4.15. The summed E-state index contributed by atoms with van der Waals surface area (Å²) in [4.78, 5) is 21.6. The molecule has 0 saturated heterocycles. The summed E-state index contributed by atoms with van der Waals surface area (Å²) in [5.74, 6) is 0. The summed E-state index contributed by atoms with van der Waals surface area (Å²) in [6, 6.07) is 2.63. The van der Waals surface area contributed by atoms with Gasteiger partial charge in [-0.3, -0.25) is 9.59 Å². The van der Waals surface area contributed by atoms with E-state index in [0.29, 0.717) is 6.29 Å². The Kier molecular flexibility index (Phi) is 3.28. The van der Waals surface area contributed by atoms with Gasteiger partial charge in [0.05, 0.1) is 12.0 Å². The maximum atomic E-state index is 11.9. The van der Waals surface area contributed by atoms with Crippen molar-refractivity contribution in [3.05, 3.63) is 34.2 Å². The minimum Gasteiger partial charge on any atom is -0.315 e. The van der Waals surface area contributed by atoms with Gasteiger partial charge in [-0.15, -0.1) is 0 Å². The van der Waals surface area contributed by atoms with Crippen molar-refractivity contribution < 1.29 is 18.0 Å². The highest BCUT2D eigenvalue weighted by Crippen LogP contribution is 2.19. The number of hydrogen-bond donors (Lipinski definition) is 0. The van der Waals surface area contributed by atoms with Gasteiger partial charge in [0.25, 0.3) is 5.56 Å². The van der Waals surface area contributed by atoms with Gasteiger partial charge in [-0.25, -0.2) is 0 Å². The first-order chi connectivity index (χ1) is 6.94. The van der Waals surface area contributed by atoms with Crippen LogP contribution in [0.25, 0.3) is 0 Å². The Hall–Kier alpha value is -1.59. The minimum absolute atomic E-state index is 0.139. The topological polar surface area (TPSA) is 39.1 Å². The lowest BCUT2D eigenvalue weighted by Gasteiger charge is -2.08. The predicted octanol–water partition coefficient (Wildman–Crippen LogP) is 1.61. The Morgan fingerprint density at radius 1 is 1.40 bits per heavy atom. The molecule has 0 radical (unpaired) electrons. The molecule has 0 saturated carbocycles. The Morgan fingerprint density at radius 3 is 2.60 bits per heavy atom. The molecule has 1 heterocycles. The van der Waals surface area contributed by atoms with E-state index in [1.54, 1.807) is 0 Å². The molecule has 0 unspecified atom stereocenters. The average Bonchev–Trinajstić information content (AvgIpc) is 2.15. The third kappa shape index (κ3) is 3.23. The number of halogens is 3. The zero-order valence-corrected chi connectivity index (χ0v) is 7.62. The Morgan fingerprint density at radius 2 is 2.07 bits per heavy atom. The van der Waals surface area contributed by atoms with Crippen LogP contribution in [0.1, 0.15) is 16.8 Å². The first kappa shape index (κ1) is 11.5. The standard InChI is InChI=1S/C9H8F3NO2/c10-9(11,12)3-5-13-4-1-2-7(6-14)8(13)15/h1-2,4,6H,3,5H2. The largest absolute Gasteiger partial charge is 0.390 e. The Bertz CT molecular complexity index is 409. The summed E-state index contributed by atoms with van der Waals surface area (Å²) in [5.41, 5.74) is -0.837. The van der Waals surface area contributed by atoms with Crippen LogP contribution in [0.3, 0.4) is 0 Å². The van der Waals surface area contributed by atoms with Gasteiger partial charge < -0.3 is 4.57 Å². The van der Waals surface area contributed by atoms with Crippen LogP contribution in [0.4, 0.5) is 13.2 Å². The lowest BCUT2D eigenvalue weighted by atomic mass is 10.3. The smallest absolute Gasteiger partial charge is 0.315 e. The lowest BCUT2D eigenvalue weighted by molar-refractivity contribution is -0.136. The summed E-state index contributed by atoms with van der Waals surface area (Å²) >= 11 is 0. The molecule has 0 N–H and O–H groups in total. The van der Waals surface area contributed by atoms with Crippen LogP contribution in [0.15, 0.2) is 23.1 Å². The summed E-state index contributed by atoms with van der Waals surface area (Å²) in [7, 11) is 0. The Balaban J connectivity index is 2.87. The summed E-state index contributed by atoms with van der Waals surface area (Å²) < 4.78 is 36.5. The highest BCUT2D eigenvalue weighted by Gasteiger charge is 2.26. The monoisotopic (exact) mass is 219 g/mol. The van der Waals surface area contributed by atoms with E-state index in [4.69, 9.17) is 0 Å². The van der Waals surface area contributed by atoms with Crippen LogP contribution in [-0.4, -0.2) is 17.0 Å². The van der Waals surface area contributed by atoms with E-state index in [1.165, 1.54) is 18.3 Å². The highest BCUT2D eigenvalue weighted by molar-refractivity contribution is 5.73. The molecule has 1 aromatic rings.